The first-order valence-corrected chi connectivity index (χ1v) is 10.1. The number of morpholine rings is 1. The average Bonchev–Trinajstić information content (AvgIpc) is 2.54. The molecular formula is C16H25N3O3S. The minimum Gasteiger partial charge on any atom is -0.378 e. The van der Waals surface area contributed by atoms with E-state index in [1.807, 2.05) is 6.20 Å². The van der Waals surface area contributed by atoms with Crippen molar-refractivity contribution in [3.63, 3.8) is 0 Å². The Balaban J connectivity index is 1.72. The number of hydrogen-bond acceptors (Lipinski definition) is 5. The molecule has 1 aliphatic heterocycles. The summed E-state index contributed by atoms with van der Waals surface area (Å²) in [6.45, 7) is 3.19. The lowest BCUT2D eigenvalue weighted by atomic mass is 9.91. The molecule has 0 radical (unpaired) electrons. The Bertz CT molecular complexity index is 648. The van der Waals surface area contributed by atoms with Crippen molar-refractivity contribution in [1.29, 1.82) is 0 Å². The number of aryl methyl sites for hydroxylation is 1. The number of nitrogens with zero attached hydrogens (tertiary/aromatic N) is 2. The van der Waals surface area contributed by atoms with Gasteiger partial charge in [-0.15, -0.1) is 0 Å². The van der Waals surface area contributed by atoms with Crippen LogP contribution in [0.5, 0.6) is 0 Å². The largest absolute Gasteiger partial charge is 0.378 e. The van der Waals surface area contributed by atoms with Gasteiger partial charge in [0.15, 0.2) is 0 Å². The van der Waals surface area contributed by atoms with Gasteiger partial charge < -0.3 is 4.74 Å². The molecule has 3 rings (SSSR count). The lowest BCUT2D eigenvalue weighted by Crippen LogP contribution is -2.50. The molecule has 7 heteroatoms. The minimum atomic E-state index is -3.18. The minimum absolute atomic E-state index is 0.0553. The molecule has 1 fully saturated rings. The van der Waals surface area contributed by atoms with Crippen molar-refractivity contribution in [3.05, 3.63) is 29.1 Å². The standard InChI is InChI=1S/C16H25N3O3S/c1-23(20,21)18-10-14-12-22-9-8-19(14)11-16-15-5-3-2-4-13(15)6-7-17-16/h6-7,14,18H,2-5,8-12H2,1H3. The molecule has 1 saturated heterocycles. The van der Waals surface area contributed by atoms with Crippen molar-refractivity contribution in [2.24, 2.45) is 0 Å². The van der Waals surface area contributed by atoms with Crippen LogP contribution in [0.25, 0.3) is 0 Å². The predicted octanol–water partition coefficient (Wildman–Crippen LogP) is 0.710. The molecule has 0 spiro atoms. The summed E-state index contributed by atoms with van der Waals surface area (Å²) in [5, 5.41) is 0. The van der Waals surface area contributed by atoms with Crippen molar-refractivity contribution in [2.75, 3.05) is 32.6 Å². The van der Waals surface area contributed by atoms with E-state index in [2.05, 4.69) is 20.7 Å². The second-order valence-electron chi connectivity index (χ2n) is 6.42. The number of nitrogens with one attached hydrogen (secondary N) is 1. The number of rotatable bonds is 5. The zero-order valence-corrected chi connectivity index (χ0v) is 14.4. The topological polar surface area (TPSA) is 71.5 Å². The molecule has 23 heavy (non-hydrogen) atoms. The Kier molecular flexibility index (Phi) is 5.31. The monoisotopic (exact) mass is 339 g/mol. The molecule has 6 nitrogen and oxygen atoms in total. The highest BCUT2D eigenvalue weighted by Crippen LogP contribution is 2.24. The maximum absolute atomic E-state index is 11.3. The van der Waals surface area contributed by atoms with E-state index in [0.29, 0.717) is 19.8 Å². The number of hydrogen-bond donors (Lipinski definition) is 1. The van der Waals surface area contributed by atoms with Crippen LogP contribution in [0.2, 0.25) is 0 Å². The van der Waals surface area contributed by atoms with Crippen LogP contribution >= 0.6 is 0 Å². The second-order valence-corrected chi connectivity index (χ2v) is 8.26. The lowest BCUT2D eigenvalue weighted by Gasteiger charge is -2.36. The Labute approximate surface area is 138 Å². The van der Waals surface area contributed by atoms with E-state index in [4.69, 9.17) is 4.74 Å². The molecule has 1 aromatic rings. The molecule has 2 heterocycles. The molecule has 1 aliphatic carbocycles. The molecule has 0 aromatic carbocycles. The number of pyridine rings is 1. The van der Waals surface area contributed by atoms with E-state index >= 15 is 0 Å². The van der Waals surface area contributed by atoms with Gasteiger partial charge in [0, 0.05) is 31.9 Å². The van der Waals surface area contributed by atoms with Gasteiger partial charge in [-0.1, -0.05) is 0 Å². The average molecular weight is 339 g/mol. The van der Waals surface area contributed by atoms with Gasteiger partial charge in [-0.2, -0.15) is 0 Å². The number of aromatic nitrogens is 1. The summed E-state index contributed by atoms with van der Waals surface area (Å²) >= 11 is 0. The van der Waals surface area contributed by atoms with Crippen LogP contribution in [-0.2, 0) is 34.1 Å². The molecule has 0 amide bonds. The molecule has 128 valence electrons. The molecule has 1 unspecified atom stereocenters. The normalized spacial score (nSPS) is 22.7. The molecule has 0 saturated carbocycles. The van der Waals surface area contributed by atoms with Crippen molar-refractivity contribution in [2.45, 2.75) is 38.3 Å². The van der Waals surface area contributed by atoms with Crippen LogP contribution in [0.1, 0.15) is 29.7 Å². The van der Waals surface area contributed by atoms with Crippen LogP contribution in [0.4, 0.5) is 0 Å². The number of ether oxygens (including phenoxy) is 1. The van der Waals surface area contributed by atoms with E-state index < -0.39 is 10.0 Å². The van der Waals surface area contributed by atoms with Crippen molar-refractivity contribution in [1.82, 2.24) is 14.6 Å². The first kappa shape index (κ1) is 16.8. The van der Waals surface area contributed by atoms with Gasteiger partial charge in [-0.05, 0) is 42.9 Å². The smallest absolute Gasteiger partial charge is 0.208 e. The highest BCUT2D eigenvalue weighted by Gasteiger charge is 2.25. The van der Waals surface area contributed by atoms with Gasteiger partial charge in [0.1, 0.15) is 0 Å². The summed E-state index contributed by atoms with van der Waals surface area (Å²) in [7, 11) is -3.18. The molecule has 1 atom stereocenters. The van der Waals surface area contributed by atoms with Gasteiger partial charge in [-0.25, -0.2) is 13.1 Å². The van der Waals surface area contributed by atoms with Crippen molar-refractivity contribution >= 4 is 10.0 Å². The van der Waals surface area contributed by atoms with E-state index in [-0.39, 0.29) is 6.04 Å². The predicted molar refractivity (Wildman–Crippen MR) is 88.7 cm³/mol. The Morgan fingerprint density at radius 1 is 1.39 bits per heavy atom. The number of sulfonamides is 1. The van der Waals surface area contributed by atoms with Crippen LogP contribution < -0.4 is 4.72 Å². The Morgan fingerprint density at radius 2 is 2.22 bits per heavy atom. The molecule has 1 aromatic heterocycles. The van der Waals surface area contributed by atoms with Gasteiger partial charge in [0.2, 0.25) is 10.0 Å². The zero-order chi connectivity index (χ0) is 16.3. The van der Waals surface area contributed by atoms with Gasteiger partial charge in [0.05, 0.1) is 25.2 Å². The fraction of sp³-hybridized carbons (Fsp3) is 0.688. The van der Waals surface area contributed by atoms with Crippen molar-refractivity contribution < 1.29 is 13.2 Å². The zero-order valence-electron chi connectivity index (χ0n) is 13.6. The van der Waals surface area contributed by atoms with Crippen molar-refractivity contribution in [3.8, 4) is 0 Å². The summed E-state index contributed by atoms with van der Waals surface area (Å²) in [5.41, 5.74) is 3.98. The van der Waals surface area contributed by atoms with Gasteiger partial charge in [0.25, 0.3) is 0 Å². The summed E-state index contributed by atoms with van der Waals surface area (Å²) in [4.78, 5) is 6.90. The van der Waals surface area contributed by atoms with Gasteiger partial charge in [-0.3, -0.25) is 9.88 Å². The van der Waals surface area contributed by atoms with Crippen LogP contribution in [0.3, 0.4) is 0 Å². The number of fused-ring (bicyclic) bond motifs is 1. The van der Waals surface area contributed by atoms with E-state index in [1.54, 1.807) is 0 Å². The third-order valence-electron chi connectivity index (χ3n) is 4.65. The van der Waals surface area contributed by atoms with E-state index in [0.717, 1.165) is 31.6 Å². The van der Waals surface area contributed by atoms with Gasteiger partial charge >= 0.3 is 0 Å². The molecule has 2 aliphatic rings. The SMILES string of the molecule is CS(=O)(=O)NCC1COCCN1Cc1nccc2c1CCCC2. The Morgan fingerprint density at radius 3 is 3.04 bits per heavy atom. The lowest BCUT2D eigenvalue weighted by molar-refractivity contribution is -0.00981. The summed E-state index contributed by atoms with van der Waals surface area (Å²) in [6, 6.07) is 2.19. The maximum Gasteiger partial charge on any atom is 0.208 e. The third kappa shape index (κ3) is 4.50. The maximum atomic E-state index is 11.3. The second kappa shape index (κ2) is 7.25. The summed E-state index contributed by atoms with van der Waals surface area (Å²) < 4.78 is 30.8. The quantitative estimate of drug-likeness (QED) is 0.855. The van der Waals surface area contributed by atoms with E-state index in [1.165, 1.54) is 30.2 Å². The fourth-order valence-electron chi connectivity index (χ4n) is 3.40. The fourth-order valence-corrected chi connectivity index (χ4v) is 3.89. The Hall–Kier alpha value is -1.02. The summed E-state index contributed by atoms with van der Waals surface area (Å²) in [6.07, 6.45) is 7.84. The van der Waals surface area contributed by atoms with Crippen LogP contribution in [-0.4, -0.2) is 56.9 Å². The molecular weight excluding hydrogens is 314 g/mol. The highest BCUT2D eigenvalue weighted by atomic mass is 32.2. The highest BCUT2D eigenvalue weighted by molar-refractivity contribution is 7.88. The first-order valence-electron chi connectivity index (χ1n) is 8.25. The van der Waals surface area contributed by atoms with E-state index in [9.17, 15) is 8.42 Å². The summed E-state index contributed by atoms with van der Waals surface area (Å²) in [5.74, 6) is 0. The third-order valence-corrected chi connectivity index (χ3v) is 5.34. The molecule has 1 N–H and O–H groups in total. The van der Waals surface area contributed by atoms with Crippen LogP contribution in [0, 0.1) is 0 Å². The van der Waals surface area contributed by atoms with Crippen LogP contribution in [0.15, 0.2) is 12.3 Å². The first-order chi connectivity index (χ1) is 11.0. The molecule has 0 bridgehead atoms.